The number of anilines is 1. The highest BCUT2D eigenvalue weighted by atomic mass is 35.5. The Morgan fingerprint density at radius 1 is 1.28 bits per heavy atom. The minimum atomic E-state index is -0.546. The van der Waals surface area contributed by atoms with E-state index in [0.717, 1.165) is 43.1 Å². The third-order valence-electron chi connectivity index (χ3n) is 5.31. The number of piperidine rings is 1. The van der Waals surface area contributed by atoms with Crippen molar-refractivity contribution in [3.05, 3.63) is 65.5 Å². The smallest absolute Gasteiger partial charge is 0.234 e. The molecule has 0 radical (unpaired) electrons. The summed E-state index contributed by atoms with van der Waals surface area (Å²) >= 11 is 6.02. The number of aliphatic hydroxyl groups is 1. The molecule has 3 heterocycles. The second-order valence-corrected chi connectivity index (χ2v) is 7.74. The zero-order valence-corrected chi connectivity index (χ0v) is 17.0. The molecule has 1 fully saturated rings. The Labute approximate surface area is 175 Å². The molecule has 1 unspecified atom stereocenters. The summed E-state index contributed by atoms with van der Waals surface area (Å²) in [6, 6.07) is 7.56. The van der Waals surface area contributed by atoms with Crippen LogP contribution in [0, 0.1) is 5.92 Å². The lowest BCUT2D eigenvalue weighted by molar-refractivity contribution is 0.0824. The first kappa shape index (κ1) is 19.7. The van der Waals surface area contributed by atoms with Crippen LogP contribution in [0.3, 0.4) is 0 Å². The summed E-state index contributed by atoms with van der Waals surface area (Å²) in [4.78, 5) is 15.3. The van der Waals surface area contributed by atoms with E-state index in [4.69, 9.17) is 16.3 Å². The van der Waals surface area contributed by atoms with E-state index in [1.807, 2.05) is 42.1 Å². The second kappa shape index (κ2) is 8.80. The van der Waals surface area contributed by atoms with Crippen LogP contribution in [0.15, 0.2) is 49.1 Å². The summed E-state index contributed by atoms with van der Waals surface area (Å²) < 4.78 is 7.67. The van der Waals surface area contributed by atoms with Crippen LogP contribution in [0.2, 0.25) is 5.02 Å². The molecule has 1 atom stereocenters. The molecule has 0 spiro atoms. The van der Waals surface area contributed by atoms with Crippen molar-refractivity contribution in [3.8, 4) is 5.88 Å². The van der Waals surface area contributed by atoms with Gasteiger partial charge in [-0.1, -0.05) is 23.7 Å². The monoisotopic (exact) mass is 413 g/mol. The molecular weight excluding hydrogens is 390 g/mol. The number of ether oxygens (including phenoxy) is 1. The molecule has 1 N–H and O–H groups in total. The van der Waals surface area contributed by atoms with Crippen LogP contribution in [0.25, 0.3) is 0 Å². The fourth-order valence-electron chi connectivity index (χ4n) is 3.66. The summed E-state index contributed by atoms with van der Waals surface area (Å²) in [5.74, 6) is 2.18. The van der Waals surface area contributed by atoms with E-state index in [0.29, 0.717) is 17.5 Å². The molecule has 1 aromatic carbocycles. The summed E-state index contributed by atoms with van der Waals surface area (Å²) in [7, 11) is 1.91. The van der Waals surface area contributed by atoms with Gasteiger partial charge in [-0.15, -0.1) is 0 Å². The number of benzene rings is 1. The molecule has 1 saturated heterocycles. The van der Waals surface area contributed by atoms with Gasteiger partial charge in [0.2, 0.25) is 5.88 Å². The fourth-order valence-corrected chi connectivity index (χ4v) is 3.87. The van der Waals surface area contributed by atoms with E-state index in [9.17, 15) is 5.11 Å². The van der Waals surface area contributed by atoms with Crippen molar-refractivity contribution in [3.63, 3.8) is 0 Å². The summed E-state index contributed by atoms with van der Waals surface area (Å²) in [5.41, 5.74) is 0.980. The molecule has 0 saturated carbocycles. The van der Waals surface area contributed by atoms with E-state index in [-0.39, 0.29) is 5.92 Å². The normalized spacial score (nSPS) is 16.0. The van der Waals surface area contributed by atoms with Crippen molar-refractivity contribution in [2.24, 2.45) is 13.0 Å². The fraction of sp³-hybridized carbons (Fsp3) is 0.381. The van der Waals surface area contributed by atoms with E-state index in [1.165, 1.54) is 0 Å². The van der Waals surface area contributed by atoms with Gasteiger partial charge in [-0.2, -0.15) is 4.98 Å². The maximum Gasteiger partial charge on any atom is 0.234 e. The number of aromatic nitrogens is 4. The minimum Gasteiger partial charge on any atom is -0.472 e. The highest BCUT2D eigenvalue weighted by Gasteiger charge is 2.29. The molecule has 0 amide bonds. The molecule has 29 heavy (non-hydrogen) atoms. The van der Waals surface area contributed by atoms with Crippen LogP contribution in [-0.2, 0) is 13.7 Å². The first-order valence-electron chi connectivity index (χ1n) is 9.69. The van der Waals surface area contributed by atoms with Gasteiger partial charge in [0.05, 0.1) is 12.4 Å². The Kier molecular flexibility index (Phi) is 5.97. The standard InChI is InChI=1S/C21H24ClN5O2/c1-26-10-7-24-21(26)20(28)16-5-8-27(9-6-16)18-12-23-13-19(25-18)29-14-15-3-2-4-17(22)11-15/h2-4,7,10-13,16,20,28H,5-6,8-9,14H2,1H3. The summed E-state index contributed by atoms with van der Waals surface area (Å²) in [6.07, 6.45) is 8.13. The molecule has 0 bridgehead atoms. The predicted molar refractivity (Wildman–Crippen MR) is 111 cm³/mol. The van der Waals surface area contributed by atoms with Gasteiger partial charge in [0.1, 0.15) is 18.5 Å². The average molecular weight is 414 g/mol. The SMILES string of the molecule is Cn1ccnc1C(O)C1CCN(c2cncc(OCc3cccc(Cl)c3)n2)CC1. The van der Waals surface area contributed by atoms with Crippen molar-refractivity contribution in [1.29, 1.82) is 0 Å². The first-order valence-corrected chi connectivity index (χ1v) is 10.1. The third-order valence-corrected chi connectivity index (χ3v) is 5.54. The van der Waals surface area contributed by atoms with Crippen molar-refractivity contribution in [1.82, 2.24) is 19.5 Å². The maximum atomic E-state index is 10.7. The number of imidazole rings is 1. The molecule has 8 heteroatoms. The Morgan fingerprint density at radius 3 is 2.83 bits per heavy atom. The number of halogens is 1. The molecule has 1 aliphatic rings. The number of aryl methyl sites for hydroxylation is 1. The highest BCUT2D eigenvalue weighted by molar-refractivity contribution is 6.30. The van der Waals surface area contributed by atoms with Crippen LogP contribution in [0.5, 0.6) is 5.88 Å². The topological polar surface area (TPSA) is 76.3 Å². The Bertz CT molecular complexity index is 956. The Morgan fingerprint density at radius 2 is 2.10 bits per heavy atom. The third kappa shape index (κ3) is 4.68. The molecule has 0 aliphatic carbocycles. The van der Waals surface area contributed by atoms with Gasteiger partial charge in [0.15, 0.2) is 5.82 Å². The van der Waals surface area contributed by atoms with Gasteiger partial charge < -0.3 is 19.3 Å². The maximum absolute atomic E-state index is 10.7. The zero-order valence-electron chi connectivity index (χ0n) is 16.3. The first-order chi connectivity index (χ1) is 14.1. The number of nitrogens with zero attached hydrogens (tertiary/aromatic N) is 5. The van der Waals surface area contributed by atoms with Crippen molar-refractivity contribution >= 4 is 17.4 Å². The van der Waals surface area contributed by atoms with E-state index in [2.05, 4.69) is 19.9 Å². The molecule has 152 valence electrons. The lowest BCUT2D eigenvalue weighted by Crippen LogP contribution is -2.36. The van der Waals surface area contributed by atoms with Crippen LogP contribution < -0.4 is 9.64 Å². The Hall–Kier alpha value is -2.64. The number of hydrogen-bond acceptors (Lipinski definition) is 6. The molecule has 7 nitrogen and oxygen atoms in total. The molecule has 2 aromatic heterocycles. The van der Waals surface area contributed by atoms with Crippen LogP contribution in [0.1, 0.15) is 30.3 Å². The molecule has 4 rings (SSSR count). The molecular formula is C21H24ClN5O2. The van der Waals surface area contributed by atoms with Gasteiger partial charge in [0.25, 0.3) is 0 Å². The highest BCUT2D eigenvalue weighted by Crippen LogP contribution is 2.31. The van der Waals surface area contributed by atoms with Gasteiger partial charge in [0, 0.05) is 37.6 Å². The van der Waals surface area contributed by atoms with Crippen LogP contribution in [-0.4, -0.2) is 37.7 Å². The predicted octanol–water partition coefficient (Wildman–Crippen LogP) is 3.39. The largest absolute Gasteiger partial charge is 0.472 e. The van der Waals surface area contributed by atoms with Gasteiger partial charge in [-0.3, -0.25) is 4.98 Å². The lowest BCUT2D eigenvalue weighted by Gasteiger charge is -2.34. The molecule has 1 aliphatic heterocycles. The quantitative estimate of drug-likeness (QED) is 0.667. The van der Waals surface area contributed by atoms with E-state index >= 15 is 0 Å². The summed E-state index contributed by atoms with van der Waals surface area (Å²) in [5, 5.41) is 11.3. The van der Waals surface area contributed by atoms with Gasteiger partial charge in [-0.05, 0) is 36.5 Å². The molecule has 3 aromatic rings. The van der Waals surface area contributed by atoms with Crippen molar-refractivity contribution in [2.45, 2.75) is 25.6 Å². The van der Waals surface area contributed by atoms with E-state index < -0.39 is 6.10 Å². The zero-order chi connectivity index (χ0) is 20.2. The average Bonchev–Trinajstić information content (AvgIpc) is 3.18. The number of hydrogen-bond donors (Lipinski definition) is 1. The van der Waals surface area contributed by atoms with Gasteiger partial charge in [-0.25, -0.2) is 4.98 Å². The second-order valence-electron chi connectivity index (χ2n) is 7.30. The lowest BCUT2D eigenvalue weighted by atomic mass is 9.91. The van der Waals surface area contributed by atoms with Crippen LogP contribution in [0.4, 0.5) is 5.82 Å². The number of aliphatic hydroxyl groups excluding tert-OH is 1. The summed E-state index contributed by atoms with van der Waals surface area (Å²) in [6.45, 7) is 1.99. The van der Waals surface area contributed by atoms with Crippen LogP contribution >= 0.6 is 11.6 Å². The van der Waals surface area contributed by atoms with E-state index in [1.54, 1.807) is 18.6 Å². The minimum absolute atomic E-state index is 0.183. The van der Waals surface area contributed by atoms with Crippen molar-refractivity contribution < 1.29 is 9.84 Å². The number of rotatable bonds is 6. The van der Waals surface area contributed by atoms with Crippen molar-refractivity contribution in [2.75, 3.05) is 18.0 Å². The van der Waals surface area contributed by atoms with Gasteiger partial charge >= 0.3 is 0 Å². The Balaban J connectivity index is 1.35.